The number of benzene rings is 1. The van der Waals surface area contributed by atoms with Gasteiger partial charge in [-0.05, 0) is 36.2 Å². The Balaban J connectivity index is 1.68. The highest BCUT2D eigenvalue weighted by Crippen LogP contribution is 2.15. The maximum atomic E-state index is 12.7. The number of nitrogens with one attached hydrogen (secondary N) is 2. The molecule has 0 bridgehead atoms. The van der Waals surface area contributed by atoms with Crippen molar-refractivity contribution >= 4 is 11.8 Å². The van der Waals surface area contributed by atoms with Crippen LogP contribution in [0.25, 0.3) is 0 Å². The molecule has 0 spiro atoms. The monoisotopic (exact) mass is 320 g/mol. The Labute approximate surface area is 132 Å². The molecule has 0 unspecified atom stereocenters. The molecule has 23 heavy (non-hydrogen) atoms. The summed E-state index contributed by atoms with van der Waals surface area (Å²) in [5.74, 6) is -1.55. The summed E-state index contributed by atoms with van der Waals surface area (Å²) in [5.41, 5.74) is 0.681. The molecule has 0 aliphatic carbocycles. The van der Waals surface area contributed by atoms with Gasteiger partial charge in [0, 0.05) is 13.1 Å². The van der Waals surface area contributed by atoms with Gasteiger partial charge in [-0.1, -0.05) is 12.1 Å². The van der Waals surface area contributed by atoms with E-state index < -0.39 is 17.9 Å². The van der Waals surface area contributed by atoms with Gasteiger partial charge in [-0.25, -0.2) is 4.39 Å². The van der Waals surface area contributed by atoms with Crippen LogP contribution < -0.4 is 10.6 Å². The number of hydrogen-bond acceptors (Lipinski definition) is 4. The van der Waals surface area contributed by atoms with E-state index in [9.17, 15) is 19.1 Å². The lowest BCUT2D eigenvalue weighted by Crippen LogP contribution is -2.40. The summed E-state index contributed by atoms with van der Waals surface area (Å²) < 4.78 is 17.8. The molecule has 3 N–H and O–H groups in total. The third-order valence-electron chi connectivity index (χ3n) is 3.15. The standard InChI is InChI=1S/C16H17FN2O4/c17-12-5-3-11(4-6-12)10-19-16(22)15(21)18-8-7-13(20)14-2-1-9-23-14/h1-6,9,13,20H,7-8,10H2,(H,18,21)(H,19,22)/t13-/m0/s1. The predicted molar refractivity (Wildman–Crippen MR) is 79.5 cm³/mol. The molecule has 1 atom stereocenters. The van der Waals surface area contributed by atoms with E-state index in [1.165, 1.54) is 30.5 Å². The minimum Gasteiger partial charge on any atom is -0.467 e. The van der Waals surface area contributed by atoms with Crippen LogP contribution in [0.4, 0.5) is 4.39 Å². The number of carbonyl (C=O) groups excluding carboxylic acids is 2. The zero-order chi connectivity index (χ0) is 16.7. The second-order valence-electron chi connectivity index (χ2n) is 4.88. The molecule has 6 nitrogen and oxygen atoms in total. The minimum absolute atomic E-state index is 0.127. The third-order valence-corrected chi connectivity index (χ3v) is 3.15. The molecule has 0 fully saturated rings. The first-order valence-electron chi connectivity index (χ1n) is 7.08. The van der Waals surface area contributed by atoms with Gasteiger partial charge >= 0.3 is 11.8 Å². The van der Waals surface area contributed by atoms with Gasteiger partial charge in [0.05, 0.1) is 6.26 Å². The second kappa shape index (κ2) is 8.09. The average molecular weight is 320 g/mol. The summed E-state index contributed by atoms with van der Waals surface area (Å²) in [5, 5.41) is 14.6. The van der Waals surface area contributed by atoms with Gasteiger partial charge < -0.3 is 20.2 Å². The molecule has 0 radical (unpaired) electrons. The molecule has 0 saturated heterocycles. The molecular weight excluding hydrogens is 303 g/mol. The van der Waals surface area contributed by atoms with E-state index in [2.05, 4.69) is 10.6 Å². The number of rotatable bonds is 6. The van der Waals surface area contributed by atoms with Gasteiger partial charge in [-0.15, -0.1) is 0 Å². The maximum absolute atomic E-state index is 12.7. The molecular formula is C16H17FN2O4. The molecule has 2 aromatic rings. The Kier molecular flexibility index (Phi) is 5.87. The highest BCUT2D eigenvalue weighted by molar-refractivity contribution is 6.35. The van der Waals surface area contributed by atoms with Crippen molar-refractivity contribution in [3.8, 4) is 0 Å². The fourth-order valence-electron chi connectivity index (χ4n) is 1.89. The largest absolute Gasteiger partial charge is 0.467 e. The Morgan fingerprint density at radius 1 is 1.13 bits per heavy atom. The molecule has 2 rings (SSSR count). The normalized spacial score (nSPS) is 11.7. The van der Waals surface area contributed by atoms with Crippen LogP contribution in [-0.2, 0) is 16.1 Å². The van der Waals surface area contributed by atoms with Crippen LogP contribution in [0.15, 0.2) is 47.1 Å². The highest BCUT2D eigenvalue weighted by atomic mass is 19.1. The van der Waals surface area contributed by atoms with Crippen LogP contribution in [0.1, 0.15) is 23.8 Å². The molecule has 122 valence electrons. The van der Waals surface area contributed by atoms with Crippen molar-refractivity contribution in [3.63, 3.8) is 0 Å². The van der Waals surface area contributed by atoms with E-state index in [1.807, 2.05) is 0 Å². The van der Waals surface area contributed by atoms with Crippen LogP contribution in [0, 0.1) is 5.82 Å². The molecule has 0 aliphatic rings. The molecule has 1 aromatic heterocycles. The Hall–Kier alpha value is -2.67. The molecule has 0 aliphatic heterocycles. The highest BCUT2D eigenvalue weighted by Gasteiger charge is 2.15. The predicted octanol–water partition coefficient (Wildman–Crippen LogP) is 1.27. The van der Waals surface area contributed by atoms with E-state index in [4.69, 9.17) is 4.42 Å². The average Bonchev–Trinajstić information content (AvgIpc) is 3.08. The lowest BCUT2D eigenvalue weighted by Gasteiger charge is -2.09. The van der Waals surface area contributed by atoms with Gasteiger partial charge in [-0.3, -0.25) is 9.59 Å². The number of carbonyl (C=O) groups is 2. The van der Waals surface area contributed by atoms with Crippen molar-refractivity contribution in [2.45, 2.75) is 19.1 Å². The van der Waals surface area contributed by atoms with Gasteiger partial charge in [-0.2, -0.15) is 0 Å². The molecule has 2 amide bonds. The Bertz CT molecular complexity index is 641. The minimum atomic E-state index is -0.840. The summed E-state index contributed by atoms with van der Waals surface area (Å²) in [7, 11) is 0. The third kappa shape index (κ3) is 5.23. The number of aliphatic hydroxyl groups excluding tert-OH is 1. The Morgan fingerprint density at radius 2 is 1.83 bits per heavy atom. The number of aliphatic hydroxyl groups is 1. The lowest BCUT2D eigenvalue weighted by atomic mass is 10.2. The molecule has 1 heterocycles. The quantitative estimate of drug-likeness (QED) is 0.699. The topological polar surface area (TPSA) is 91.6 Å². The van der Waals surface area contributed by atoms with E-state index in [-0.39, 0.29) is 25.3 Å². The summed E-state index contributed by atoms with van der Waals surface area (Å²) in [6, 6.07) is 8.87. The lowest BCUT2D eigenvalue weighted by molar-refractivity contribution is -0.139. The van der Waals surface area contributed by atoms with Crippen molar-refractivity contribution in [2.75, 3.05) is 6.54 Å². The van der Waals surface area contributed by atoms with Gasteiger partial charge in [0.25, 0.3) is 0 Å². The van der Waals surface area contributed by atoms with Crippen molar-refractivity contribution < 1.29 is 23.5 Å². The smallest absolute Gasteiger partial charge is 0.309 e. The Morgan fingerprint density at radius 3 is 2.48 bits per heavy atom. The molecule has 1 aromatic carbocycles. The molecule has 0 saturated carbocycles. The van der Waals surface area contributed by atoms with E-state index in [0.29, 0.717) is 11.3 Å². The fourth-order valence-corrected chi connectivity index (χ4v) is 1.89. The first-order chi connectivity index (χ1) is 11.1. The van der Waals surface area contributed by atoms with Crippen LogP contribution >= 0.6 is 0 Å². The number of furan rings is 1. The summed E-state index contributed by atoms with van der Waals surface area (Å²) in [6.45, 7) is 0.256. The van der Waals surface area contributed by atoms with Crippen molar-refractivity contribution in [1.82, 2.24) is 10.6 Å². The summed E-state index contributed by atoms with van der Waals surface area (Å²) in [6.07, 6.45) is 0.831. The van der Waals surface area contributed by atoms with E-state index in [0.717, 1.165) is 0 Å². The van der Waals surface area contributed by atoms with Gasteiger partial charge in [0.1, 0.15) is 17.7 Å². The molecule has 7 heteroatoms. The van der Waals surface area contributed by atoms with E-state index in [1.54, 1.807) is 12.1 Å². The number of amides is 2. The zero-order valence-electron chi connectivity index (χ0n) is 12.3. The maximum Gasteiger partial charge on any atom is 0.309 e. The first kappa shape index (κ1) is 16.7. The second-order valence-corrected chi connectivity index (χ2v) is 4.88. The van der Waals surface area contributed by atoms with Crippen molar-refractivity contribution in [3.05, 3.63) is 59.8 Å². The van der Waals surface area contributed by atoms with Crippen molar-refractivity contribution in [2.24, 2.45) is 0 Å². The zero-order valence-corrected chi connectivity index (χ0v) is 12.3. The van der Waals surface area contributed by atoms with Crippen LogP contribution in [0.3, 0.4) is 0 Å². The van der Waals surface area contributed by atoms with Crippen LogP contribution in [-0.4, -0.2) is 23.5 Å². The van der Waals surface area contributed by atoms with Crippen molar-refractivity contribution in [1.29, 1.82) is 0 Å². The van der Waals surface area contributed by atoms with Crippen LogP contribution in [0.5, 0.6) is 0 Å². The van der Waals surface area contributed by atoms with Gasteiger partial charge in [0.2, 0.25) is 0 Å². The van der Waals surface area contributed by atoms with E-state index >= 15 is 0 Å². The SMILES string of the molecule is O=C(NCC[C@H](O)c1ccco1)C(=O)NCc1ccc(F)cc1. The van der Waals surface area contributed by atoms with Gasteiger partial charge in [0.15, 0.2) is 0 Å². The van der Waals surface area contributed by atoms with Crippen LogP contribution in [0.2, 0.25) is 0 Å². The summed E-state index contributed by atoms with van der Waals surface area (Å²) in [4.78, 5) is 23.2. The number of hydrogen-bond donors (Lipinski definition) is 3. The summed E-state index contributed by atoms with van der Waals surface area (Å²) >= 11 is 0. The fraction of sp³-hybridized carbons (Fsp3) is 0.250. The first-order valence-corrected chi connectivity index (χ1v) is 7.08. The number of halogens is 1.